The number of aromatic hydroxyl groups is 1. The summed E-state index contributed by atoms with van der Waals surface area (Å²) < 4.78 is 27.5. The predicted molar refractivity (Wildman–Crippen MR) is 58.1 cm³/mol. The Morgan fingerprint density at radius 3 is 2.39 bits per heavy atom. The van der Waals surface area contributed by atoms with Gasteiger partial charge in [0.2, 0.25) is 0 Å². The van der Waals surface area contributed by atoms with Crippen LogP contribution in [0.3, 0.4) is 0 Å². The number of esters is 1. The van der Waals surface area contributed by atoms with E-state index in [1.165, 1.54) is 14.2 Å². The number of phenols is 1. The zero-order chi connectivity index (χ0) is 13.9. The van der Waals surface area contributed by atoms with E-state index in [1.54, 1.807) is 0 Å². The van der Waals surface area contributed by atoms with Crippen molar-refractivity contribution in [3.63, 3.8) is 0 Å². The molecule has 0 heterocycles. The van der Waals surface area contributed by atoms with Gasteiger partial charge in [-0.3, -0.25) is 0 Å². The normalized spacial score (nSPS) is 11.8. The lowest BCUT2D eigenvalue weighted by Gasteiger charge is -2.17. The minimum atomic E-state index is -1.88. The number of methoxy groups -OCH3 is 3. The fraction of sp³-hybridized carbons (Fsp3) is 0.364. The Morgan fingerprint density at radius 2 is 1.94 bits per heavy atom. The molecular weight excluding hydrogens is 247 g/mol. The zero-order valence-corrected chi connectivity index (χ0v) is 10.1. The van der Waals surface area contributed by atoms with Gasteiger partial charge in [-0.25, -0.2) is 9.18 Å². The molecule has 0 bridgehead atoms. The summed E-state index contributed by atoms with van der Waals surface area (Å²) >= 11 is 0. The summed E-state index contributed by atoms with van der Waals surface area (Å²) in [4.78, 5) is 11.2. The Hall–Kier alpha value is -2.02. The molecule has 0 spiro atoms. The Labute approximate surface area is 103 Å². The predicted octanol–water partition coefficient (Wildman–Crippen LogP) is 0.755. The molecule has 0 aliphatic heterocycles. The number of carbonyl (C=O) groups is 1. The summed E-state index contributed by atoms with van der Waals surface area (Å²) in [5.41, 5.74) is -0.443. The summed E-state index contributed by atoms with van der Waals surface area (Å²) in [5.74, 6) is -3.22. The largest absolute Gasteiger partial charge is 0.504 e. The molecule has 0 aliphatic carbocycles. The number of halogens is 1. The fourth-order valence-corrected chi connectivity index (χ4v) is 1.46. The Bertz CT molecular complexity index is 459. The van der Waals surface area contributed by atoms with E-state index in [0.717, 1.165) is 13.2 Å². The molecule has 0 saturated carbocycles. The summed E-state index contributed by atoms with van der Waals surface area (Å²) in [5, 5.41) is 19.3. The van der Waals surface area contributed by atoms with Crippen molar-refractivity contribution >= 4 is 5.97 Å². The molecule has 0 radical (unpaired) electrons. The average Bonchev–Trinajstić information content (AvgIpc) is 2.39. The molecule has 0 saturated heterocycles. The fourth-order valence-electron chi connectivity index (χ4n) is 1.46. The van der Waals surface area contributed by atoms with Crippen molar-refractivity contribution in [2.45, 2.75) is 6.10 Å². The number of phenolic OH excluding ortho intramolecular Hbond substituents is 1. The van der Waals surface area contributed by atoms with Crippen molar-refractivity contribution in [3.8, 4) is 17.2 Å². The molecule has 1 rings (SSSR count). The average molecular weight is 260 g/mol. The zero-order valence-electron chi connectivity index (χ0n) is 10.1. The molecule has 0 aromatic heterocycles. The summed E-state index contributed by atoms with van der Waals surface area (Å²) in [7, 11) is 3.52. The van der Waals surface area contributed by atoms with Crippen molar-refractivity contribution in [3.05, 3.63) is 17.4 Å². The first kappa shape index (κ1) is 14.0. The summed E-state index contributed by atoms with van der Waals surface area (Å²) in [6.07, 6.45) is -1.88. The van der Waals surface area contributed by atoms with E-state index >= 15 is 0 Å². The highest BCUT2D eigenvalue weighted by atomic mass is 19.1. The third kappa shape index (κ3) is 2.30. The van der Waals surface area contributed by atoms with E-state index in [2.05, 4.69) is 4.74 Å². The van der Waals surface area contributed by atoms with Crippen LogP contribution in [0.5, 0.6) is 17.2 Å². The number of rotatable bonds is 4. The molecular formula is C11H13FO6. The molecule has 0 fully saturated rings. The molecule has 6 nitrogen and oxygen atoms in total. The SMILES string of the molecule is COC(=O)C(O)c1c(O)c(F)cc(OC)c1OC. The molecule has 1 atom stereocenters. The standard InChI is InChI=1S/C11H13FO6/c1-16-6-4-5(12)8(13)7(10(6)17-2)9(14)11(15)18-3/h4,9,13-14H,1-3H3. The van der Waals surface area contributed by atoms with E-state index < -0.39 is 29.2 Å². The van der Waals surface area contributed by atoms with E-state index in [9.17, 15) is 19.4 Å². The smallest absolute Gasteiger partial charge is 0.339 e. The first-order valence-corrected chi connectivity index (χ1v) is 4.87. The second-order valence-electron chi connectivity index (χ2n) is 3.28. The van der Waals surface area contributed by atoms with E-state index in [1.807, 2.05) is 0 Å². The van der Waals surface area contributed by atoms with Crippen LogP contribution in [0.15, 0.2) is 6.07 Å². The van der Waals surface area contributed by atoms with Gasteiger partial charge in [0.1, 0.15) is 0 Å². The minimum absolute atomic E-state index is 0.0641. The van der Waals surface area contributed by atoms with E-state index in [-0.39, 0.29) is 11.5 Å². The Morgan fingerprint density at radius 1 is 1.33 bits per heavy atom. The molecule has 0 aliphatic rings. The lowest BCUT2D eigenvalue weighted by Crippen LogP contribution is -2.15. The second kappa shape index (κ2) is 5.54. The molecule has 100 valence electrons. The van der Waals surface area contributed by atoms with Gasteiger partial charge in [-0.15, -0.1) is 0 Å². The van der Waals surface area contributed by atoms with E-state index in [0.29, 0.717) is 0 Å². The van der Waals surface area contributed by atoms with Crippen molar-refractivity contribution < 1.29 is 33.6 Å². The Kier molecular flexibility index (Phi) is 4.33. The highest BCUT2D eigenvalue weighted by Gasteiger charge is 2.30. The van der Waals surface area contributed by atoms with Gasteiger partial charge in [-0.05, 0) is 0 Å². The third-order valence-electron chi connectivity index (χ3n) is 2.33. The lowest BCUT2D eigenvalue weighted by atomic mass is 10.1. The van der Waals surface area contributed by atoms with Crippen LogP contribution >= 0.6 is 0 Å². The summed E-state index contributed by atoms with van der Waals surface area (Å²) in [6.45, 7) is 0. The number of carbonyl (C=O) groups excluding carboxylic acids is 1. The van der Waals surface area contributed by atoms with Crippen molar-refractivity contribution in [2.75, 3.05) is 21.3 Å². The van der Waals surface area contributed by atoms with Gasteiger partial charge in [-0.1, -0.05) is 0 Å². The van der Waals surface area contributed by atoms with Gasteiger partial charge in [0, 0.05) is 6.07 Å². The Balaban J connectivity index is 3.48. The van der Waals surface area contributed by atoms with Crippen LogP contribution in [-0.4, -0.2) is 37.5 Å². The van der Waals surface area contributed by atoms with Gasteiger partial charge >= 0.3 is 5.97 Å². The number of aliphatic hydroxyl groups excluding tert-OH is 1. The molecule has 1 aromatic rings. The number of aliphatic hydroxyl groups is 1. The van der Waals surface area contributed by atoms with Crippen LogP contribution in [0.2, 0.25) is 0 Å². The topological polar surface area (TPSA) is 85.2 Å². The first-order chi connectivity index (χ1) is 8.47. The molecule has 18 heavy (non-hydrogen) atoms. The first-order valence-electron chi connectivity index (χ1n) is 4.87. The van der Waals surface area contributed by atoms with Crippen LogP contribution in [0.4, 0.5) is 4.39 Å². The molecule has 1 aromatic carbocycles. The van der Waals surface area contributed by atoms with Crippen LogP contribution in [0, 0.1) is 5.82 Å². The summed E-state index contributed by atoms with van der Waals surface area (Å²) in [6, 6.07) is 0.877. The maximum atomic E-state index is 13.4. The molecule has 1 unspecified atom stereocenters. The minimum Gasteiger partial charge on any atom is -0.504 e. The van der Waals surface area contributed by atoms with Crippen LogP contribution in [-0.2, 0) is 9.53 Å². The highest BCUT2D eigenvalue weighted by Crippen LogP contribution is 2.42. The number of benzene rings is 1. The van der Waals surface area contributed by atoms with Crippen molar-refractivity contribution in [2.24, 2.45) is 0 Å². The maximum Gasteiger partial charge on any atom is 0.339 e. The molecule has 2 N–H and O–H groups in total. The van der Waals surface area contributed by atoms with Crippen LogP contribution in [0.1, 0.15) is 11.7 Å². The van der Waals surface area contributed by atoms with E-state index in [4.69, 9.17) is 9.47 Å². The highest BCUT2D eigenvalue weighted by molar-refractivity contribution is 5.79. The van der Waals surface area contributed by atoms with Gasteiger partial charge in [0.05, 0.1) is 26.9 Å². The quantitative estimate of drug-likeness (QED) is 0.777. The van der Waals surface area contributed by atoms with Crippen molar-refractivity contribution in [1.82, 2.24) is 0 Å². The van der Waals surface area contributed by atoms with Crippen LogP contribution < -0.4 is 9.47 Å². The molecule has 0 amide bonds. The number of hydrogen-bond donors (Lipinski definition) is 2. The van der Waals surface area contributed by atoms with Gasteiger partial charge in [0.15, 0.2) is 29.2 Å². The number of ether oxygens (including phenoxy) is 3. The molecule has 7 heteroatoms. The van der Waals surface area contributed by atoms with Gasteiger partial charge in [0.25, 0.3) is 0 Å². The van der Waals surface area contributed by atoms with Gasteiger partial charge in [-0.2, -0.15) is 0 Å². The number of hydrogen-bond acceptors (Lipinski definition) is 6. The second-order valence-corrected chi connectivity index (χ2v) is 3.28. The van der Waals surface area contributed by atoms with Crippen molar-refractivity contribution in [1.29, 1.82) is 0 Å². The van der Waals surface area contributed by atoms with Gasteiger partial charge < -0.3 is 24.4 Å². The lowest BCUT2D eigenvalue weighted by molar-refractivity contribution is -0.150. The maximum absolute atomic E-state index is 13.4. The van der Waals surface area contributed by atoms with Crippen LogP contribution in [0.25, 0.3) is 0 Å². The third-order valence-corrected chi connectivity index (χ3v) is 2.33. The monoisotopic (exact) mass is 260 g/mol.